The van der Waals surface area contributed by atoms with E-state index in [4.69, 9.17) is 4.74 Å². The maximum absolute atomic E-state index is 12.4. The summed E-state index contributed by atoms with van der Waals surface area (Å²) in [5, 5.41) is 3.49. The molecule has 116 valence electrons. The molecule has 1 aliphatic carbocycles. The number of hydrogen-bond donors (Lipinski definition) is 1. The van der Waals surface area contributed by atoms with E-state index >= 15 is 0 Å². The fourth-order valence-electron chi connectivity index (χ4n) is 2.88. The molecule has 1 aromatic carbocycles. The average molecular weight is 289 g/mol. The maximum Gasteiger partial charge on any atom is 0.179 e. The van der Waals surface area contributed by atoms with Gasteiger partial charge in [0.2, 0.25) is 0 Å². The molecule has 0 aliphatic heterocycles. The highest BCUT2D eigenvalue weighted by Crippen LogP contribution is 2.19. The number of ether oxygens (including phenoxy) is 1. The minimum absolute atomic E-state index is 0.115. The van der Waals surface area contributed by atoms with E-state index in [-0.39, 0.29) is 11.8 Å². The van der Waals surface area contributed by atoms with E-state index in [9.17, 15) is 4.79 Å². The van der Waals surface area contributed by atoms with E-state index in [0.29, 0.717) is 12.6 Å². The predicted molar refractivity (Wildman–Crippen MR) is 86.0 cm³/mol. The van der Waals surface area contributed by atoms with Crippen LogP contribution in [-0.2, 0) is 0 Å². The van der Waals surface area contributed by atoms with Crippen LogP contribution in [0, 0.1) is 0 Å². The van der Waals surface area contributed by atoms with Crippen LogP contribution in [0.2, 0.25) is 0 Å². The third kappa shape index (κ3) is 4.85. The second kappa shape index (κ2) is 8.18. The summed E-state index contributed by atoms with van der Waals surface area (Å²) in [6.45, 7) is 4.77. The highest BCUT2D eigenvalue weighted by Gasteiger charge is 2.20. The Morgan fingerprint density at radius 3 is 2.52 bits per heavy atom. The van der Waals surface area contributed by atoms with Gasteiger partial charge in [-0.3, -0.25) is 4.79 Å². The molecule has 1 aromatic rings. The zero-order chi connectivity index (χ0) is 15.1. The molecule has 0 amide bonds. The number of ketones is 1. The van der Waals surface area contributed by atoms with Gasteiger partial charge in [0.15, 0.2) is 5.78 Å². The van der Waals surface area contributed by atoms with Gasteiger partial charge < -0.3 is 10.1 Å². The van der Waals surface area contributed by atoms with Crippen molar-refractivity contribution in [2.75, 3.05) is 6.61 Å². The molecule has 0 radical (unpaired) electrons. The summed E-state index contributed by atoms with van der Waals surface area (Å²) in [5.41, 5.74) is 0.759. The van der Waals surface area contributed by atoms with Crippen molar-refractivity contribution in [2.45, 2.75) is 64.5 Å². The zero-order valence-electron chi connectivity index (χ0n) is 13.2. The van der Waals surface area contributed by atoms with Crippen molar-refractivity contribution in [3.05, 3.63) is 29.8 Å². The Balaban J connectivity index is 1.88. The van der Waals surface area contributed by atoms with E-state index in [2.05, 4.69) is 12.2 Å². The molecule has 2 rings (SSSR count). The Hall–Kier alpha value is -1.35. The van der Waals surface area contributed by atoms with Crippen LogP contribution in [0.25, 0.3) is 0 Å². The average Bonchev–Trinajstić information content (AvgIpc) is 2.53. The monoisotopic (exact) mass is 289 g/mol. The fourth-order valence-corrected chi connectivity index (χ4v) is 2.88. The van der Waals surface area contributed by atoms with Gasteiger partial charge in [-0.15, -0.1) is 0 Å². The van der Waals surface area contributed by atoms with E-state index in [1.807, 2.05) is 31.2 Å². The predicted octanol–water partition coefficient (Wildman–Crippen LogP) is 3.97. The molecular formula is C18H27NO2. The Bertz CT molecular complexity index is 435. The summed E-state index contributed by atoms with van der Waals surface area (Å²) in [6.07, 6.45) is 7.27. The Morgan fingerprint density at radius 1 is 1.24 bits per heavy atom. The van der Waals surface area contributed by atoms with Crippen molar-refractivity contribution >= 4 is 5.78 Å². The van der Waals surface area contributed by atoms with Crippen LogP contribution in [0.15, 0.2) is 24.3 Å². The molecule has 1 unspecified atom stereocenters. The number of rotatable bonds is 7. The van der Waals surface area contributed by atoms with Crippen LogP contribution in [0.4, 0.5) is 0 Å². The van der Waals surface area contributed by atoms with Gasteiger partial charge in [-0.1, -0.05) is 26.2 Å². The number of benzene rings is 1. The van der Waals surface area contributed by atoms with E-state index in [1.54, 1.807) is 0 Å². The topological polar surface area (TPSA) is 38.3 Å². The lowest BCUT2D eigenvalue weighted by atomic mass is 9.94. The summed E-state index contributed by atoms with van der Waals surface area (Å²) in [4.78, 5) is 12.4. The van der Waals surface area contributed by atoms with Gasteiger partial charge in [-0.2, -0.15) is 0 Å². The molecule has 0 bridgehead atoms. The first-order valence-corrected chi connectivity index (χ1v) is 8.24. The molecule has 0 heterocycles. The molecular weight excluding hydrogens is 262 g/mol. The summed E-state index contributed by atoms with van der Waals surface area (Å²) >= 11 is 0. The fraction of sp³-hybridized carbons (Fsp3) is 0.611. The highest BCUT2D eigenvalue weighted by molar-refractivity contribution is 5.99. The van der Waals surface area contributed by atoms with Crippen molar-refractivity contribution in [3.8, 4) is 5.75 Å². The zero-order valence-corrected chi connectivity index (χ0v) is 13.2. The van der Waals surface area contributed by atoms with Gasteiger partial charge in [-0.25, -0.2) is 0 Å². The van der Waals surface area contributed by atoms with E-state index in [1.165, 1.54) is 32.1 Å². The van der Waals surface area contributed by atoms with Gasteiger partial charge in [0.05, 0.1) is 12.6 Å². The lowest BCUT2D eigenvalue weighted by molar-refractivity contribution is 0.0940. The standard InChI is InChI=1S/C18H27NO2/c1-3-13-21-17-11-9-15(10-12-17)18(20)14(2)19-16-7-5-4-6-8-16/h9-12,14,16,19H,3-8,13H2,1-2H3. The van der Waals surface area contributed by atoms with Crippen LogP contribution in [0.1, 0.15) is 62.7 Å². The summed E-state index contributed by atoms with van der Waals surface area (Å²) in [7, 11) is 0. The van der Waals surface area contributed by atoms with Crippen LogP contribution in [-0.4, -0.2) is 24.5 Å². The molecule has 1 N–H and O–H groups in total. The van der Waals surface area contributed by atoms with E-state index < -0.39 is 0 Å². The van der Waals surface area contributed by atoms with Crippen LogP contribution in [0.3, 0.4) is 0 Å². The van der Waals surface area contributed by atoms with Crippen molar-refractivity contribution < 1.29 is 9.53 Å². The smallest absolute Gasteiger partial charge is 0.179 e. The van der Waals surface area contributed by atoms with Crippen LogP contribution < -0.4 is 10.1 Å². The number of nitrogens with one attached hydrogen (secondary N) is 1. The minimum Gasteiger partial charge on any atom is -0.494 e. The first-order valence-electron chi connectivity index (χ1n) is 8.24. The summed E-state index contributed by atoms with van der Waals surface area (Å²) < 4.78 is 5.54. The van der Waals surface area contributed by atoms with Crippen molar-refractivity contribution in [1.29, 1.82) is 0 Å². The largest absolute Gasteiger partial charge is 0.494 e. The van der Waals surface area contributed by atoms with Crippen LogP contribution in [0.5, 0.6) is 5.75 Å². The van der Waals surface area contributed by atoms with Crippen LogP contribution >= 0.6 is 0 Å². The highest BCUT2D eigenvalue weighted by atomic mass is 16.5. The molecule has 1 aliphatic rings. The van der Waals surface area contributed by atoms with Gasteiger partial charge in [0, 0.05) is 11.6 Å². The first kappa shape index (κ1) is 16.0. The van der Waals surface area contributed by atoms with Crippen molar-refractivity contribution in [3.63, 3.8) is 0 Å². The van der Waals surface area contributed by atoms with Crippen molar-refractivity contribution in [1.82, 2.24) is 5.32 Å². The summed E-state index contributed by atoms with van der Waals surface area (Å²) in [5.74, 6) is 1.00. The summed E-state index contributed by atoms with van der Waals surface area (Å²) in [6, 6.07) is 7.89. The van der Waals surface area contributed by atoms with Gasteiger partial charge >= 0.3 is 0 Å². The molecule has 1 atom stereocenters. The number of carbonyl (C=O) groups is 1. The Morgan fingerprint density at radius 2 is 1.90 bits per heavy atom. The Labute approximate surface area is 128 Å². The molecule has 3 heteroatoms. The van der Waals surface area contributed by atoms with E-state index in [0.717, 1.165) is 17.7 Å². The van der Waals surface area contributed by atoms with Crippen molar-refractivity contribution in [2.24, 2.45) is 0 Å². The molecule has 1 fully saturated rings. The van der Waals surface area contributed by atoms with Gasteiger partial charge in [0.25, 0.3) is 0 Å². The lowest BCUT2D eigenvalue weighted by Crippen LogP contribution is -2.42. The molecule has 3 nitrogen and oxygen atoms in total. The second-order valence-corrected chi connectivity index (χ2v) is 5.96. The second-order valence-electron chi connectivity index (χ2n) is 5.96. The number of hydrogen-bond acceptors (Lipinski definition) is 3. The molecule has 0 aromatic heterocycles. The first-order chi connectivity index (χ1) is 10.2. The maximum atomic E-state index is 12.4. The molecule has 0 saturated heterocycles. The normalized spacial score (nSPS) is 17.4. The lowest BCUT2D eigenvalue weighted by Gasteiger charge is -2.26. The van der Waals surface area contributed by atoms with Gasteiger partial charge in [0.1, 0.15) is 5.75 Å². The SMILES string of the molecule is CCCOc1ccc(C(=O)C(C)NC2CCCCC2)cc1. The van der Waals surface area contributed by atoms with Gasteiger partial charge in [-0.05, 0) is 50.5 Å². The molecule has 21 heavy (non-hydrogen) atoms. The Kier molecular flexibility index (Phi) is 6.24. The third-order valence-electron chi connectivity index (χ3n) is 4.10. The third-order valence-corrected chi connectivity index (χ3v) is 4.10. The number of Topliss-reactive ketones (excluding diaryl/α,β-unsaturated/α-hetero) is 1. The molecule has 1 saturated carbocycles. The number of carbonyl (C=O) groups excluding carboxylic acids is 1. The molecule has 0 spiro atoms. The minimum atomic E-state index is -0.115. The quantitative estimate of drug-likeness (QED) is 0.772.